The highest BCUT2D eigenvalue weighted by Crippen LogP contribution is 2.46. The smallest absolute Gasteiger partial charge is 0.140 e. The number of hydrogen-bond acceptors (Lipinski definition) is 3. The Bertz CT molecular complexity index is 358. The number of nitrogens with one attached hydrogen (secondary N) is 2. The Hall–Kier alpha value is -1.38. The van der Waals surface area contributed by atoms with Gasteiger partial charge in [-0.3, -0.25) is 0 Å². The van der Waals surface area contributed by atoms with Crippen LogP contribution in [0.5, 0.6) is 5.75 Å². The van der Waals surface area contributed by atoms with Crippen molar-refractivity contribution in [2.45, 2.75) is 18.4 Å². The molecule has 2 aliphatic rings. The van der Waals surface area contributed by atoms with E-state index in [-0.39, 0.29) is 5.54 Å². The van der Waals surface area contributed by atoms with Crippen LogP contribution >= 0.6 is 0 Å². The molecule has 1 fully saturated rings. The van der Waals surface area contributed by atoms with Crippen LogP contribution in [0, 0.1) is 0 Å². The van der Waals surface area contributed by atoms with E-state index in [0.29, 0.717) is 5.75 Å². The molecular weight excluding hydrogens is 164 g/mol. The van der Waals surface area contributed by atoms with Gasteiger partial charge in [-0.05, 0) is 25.0 Å². The molecule has 0 aromatic heterocycles. The molecule has 68 valence electrons. The molecule has 0 atom stereocenters. The van der Waals surface area contributed by atoms with Crippen LogP contribution < -0.4 is 10.6 Å². The number of aromatic hydroxyl groups is 1. The highest BCUT2D eigenvalue weighted by atomic mass is 16.3. The fourth-order valence-corrected chi connectivity index (χ4v) is 1.85. The molecule has 1 aliphatic carbocycles. The van der Waals surface area contributed by atoms with Crippen molar-refractivity contribution >= 4 is 11.4 Å². The fourth-order valence-electron chi connectivity index (χ4n) is 1.85. The predicted molar refractivity (Wildman–Crippen MR) is 52.2 cm³/mol. The Balaban J connectivity index is 2.06. The summed E-state index contributed by atoms with van der Waals surface area (Å²) in [5.41, 5.74) is 2.12. The molecule has 0 amide bonds. The first-order valence-corrected chi connectivity index (χ1v) is 4.63. The van der Waals surface area contributed by atoms with Gasteiger partial charge in [-0.2, -0.15) is 0 Å². The average molecular weight is 176 g/mol. The Morgan fingerprint density at radius 1 is 1.31 bits per heavy atom. The van der Waals surface area contributed by atoms with E-state index in [1.54, 1.807) is 6.07 Å². The maximum atomic E-state index is 9.61. The number of para-hydroxylation sites is 1. The molecule has 1 saturated carbocycles. The third-order valence-corrected chi connectivity index (χ3v) is 2.90. The van der Waals surface area contributed by atoms with Gasteiger partial charge in [0.2, 0.25) is 0 Å². The van der Waals surface area contributed by atoms with Crippen molar-refractivity contribution in [3.05, 3.63) is 18.2 Å². The third-order valence-electron chi connectivity index (χ3n) is 2.90. The second-order valence-electron chi connectivity index (χ2n) is 3.96. The molecule has 1 aliphatic heterocycles. The quantitative estimate of drug-likeness (QED) is 0.528. The van der Waals surface area contributed by atoms with Crippen molar-refractivity contribution in [3.63, 3.8) is 0 Å². The molecule has 13 heavy (non-hydrogen) atoms. The molecule has 3 rings (SSSR count). The molecule has 0 saturated heterocycles. The zero-order chi connectivity index (χ0) is 8.89. The first-order chi connectivity index (χ1) is 6.29. The summed E-state index contributed by atoms with van der Waals surface area (Å²) in [5.74, 6) is 0.343. The summed E-state index contributed by atoms with van der Waals surface area (Å²) in [6.45, 7) is 0.976. The lowest BCUT2D eigenvalue weighted by atomic mass is 10.1. The molecule has 1 aromatic rings. The van der Waals surface area contributed by atoms with Gasteiger partial charge in [-0.25, -0.2) is 0 Å². The van der Waals surface area contributed by atoms with Crippen LogP contribution in [-0.2, 0) is 0 Å². The van der Waals surface area contributed by atoms with Crippen molar-refractivity contribution in [3.8, 4) is 5.75 Å². The second-order valence-corrected chi connectivity index (χ2v) is 3.96. The highest BCUT2D eigenvalue weighted by molar-refractivity contribution is 5.78. The number of anilines is 2. The molecule has 3 N–H and O–H groups in total. The summed E-state index contributed by atoms with van der Waals surface area (Å²) < 4.78 is 0. The van der Waals surface area contributed by atoms with Crippen LogP contribution in [0.1, 0.15) is 12.8 Å². The van der Waals surface area contributed by atoms with Gasteiger partial charge in [0.15, 0.2) is 0 Å². The first-order valence-electron chi connectivity index (χ1n) is 4.63. The van der Waals surface area contributed by atoms with Gasteiger partial charge in [0.05, 0.1) is 11.2 Å². The normalized spacial score (nSPS) is 21.5. The van der Waals surface area contributed by atoms with E-state index in [0.717, 1.165) is 17.9 Å². The van der Waals surface area contributed by atoms with Crippen molar-refractivity contribution in [2.75, 3.05) is 17.2 Å². The monoisotopic (exact) mass is 176 g/mol. The second kappa shape index (κ2) is 2.10. The SMILES string of the molecule is Oc1cccc2c1NC1(CC1)CN2. The summed E-state index contributed by atoms with van der Waals surface area (Å²) >= 11 is 0. The third kappa shape index (κ3) is 0.963. The molecule has 3 heteroatoms. The number of phenols is 1. The number of phenolic OH excluding ortho intramolecular Hbond substituents is 1. The summed E-state index contributed by atoms with van der Waals surface area (Å²) in [5, 5.41) is 16.4. The number of hydrogen-bond donors (Lipinski definition) is 3. The maximum absolute atomic E-state index is 9.61. The zero-order valence-electron chi connectivity index (χ0n) is 7.30. The molecular formula is C10H12N2O. The van der Waals surface area contributed by atoms with E-state index in [2.05, 4.69) is 10.6 Å². The largest absolute Gasteiger partial charge is 0.506 e. The van der Waals surface area contributed by atoms with Crippen LogP contribution in [0.4, 0.5) is 11.4 Å². The van der Waals surface area contributed by atoms with Crippen LogP contribution in [0.2, 0.25) is 0 Å². The minimum Gasteiger partial charge on any atom is -0.506 e. The Morgan fingerprint density at radius 3 is 2.92 bits per heavy atom. The minimum absolute atomic E-state index is 0.242. The molecule has 0 bridgehead atoms. The van der Waals surface area contributed by atoms with E-state index in [1.165, 1.54) is 12.8 Å². The Morgan fingerprint density at radius 2 is 2.15 bits per heavy atom. The standard InChI is InChI=1S/C10H12N2O/c13-8-3-1-2-7-9(8)12-10(4-5-10)6-11-7/h1-3,11-13H,4-6H2. The first kappa shape index (κ1) is 7.06. The lowest BCUT2D eigenvalue weighted by molar-refractivity contribution is 0.475. The van der Waals surface area contributed by atoms with Crippen molar-refractivity contribution in [1.29, 1.82) is 0 Å². The lowest BCUT2D eigenvalue weighted by Gasteiger charge is -2.28. The number of benzene rings is 1. The number of fused-ring (bicyclic) bond motifs is 1. The molecule has 3 nitrogen and oxygen atoms in total. The number of rotatable bonds is 0. The molecule has 0 radical (unpaired) electrons. The van der Waals surface area contributed by atoms with E-state index in [1.807, 2.05) is 12.1 Å². The van der Waals surface area contributed by atoms with Crippen LogP contribution in [0.15, 0.2) is 18.2 Å². The van der Waals surface area contributed by atoms with Crippen LogP contribution in [-0.4, -0.2) is 17.2 Å². The topological polar surface area (TPSA) is 44.3 Å². The average Bonchev–Trinajstić information content (AvgIpc) is 2.88. The van der Waals surface area contributed by atoms with Crippen LogP contribution in [0.25, 0.3) is 0 Å². The van der Waals surface area contributed by atoms with Gasteiger partial charge < -0.3 is 15.7 Å². The highest BCUT2D eigenvalue weighted by Gasteiger charge is 2.45. The Labute approximate surface area is 76.8 Å². The van der Waals surface area contributed by atoms with Crippen molar-refractivity contribution in [1.82, 2.24) is 0 Å². The molecule has 1 spiro atoms. The summed E-state index contributed by atoms with van der Waals surface area (Å²) in [6.07, 6.45) is 2.40. The molecule has 1 aromatic carbocycles. The van der Waals surface area contributed by atoms with Gasteiger partial charge in [0, 0.05) is 6.54 Å². The molecule has 0 unspecified atom stereocenters. The van der Waals surface area contributed by atoms with Crippen molar-refractivity contribution < 1.29 is 5.11 Å². The fraction of sp³-hybridized carbons (Fsp3) is 0.400. The predicted octanol–water partition coefficient (Wildman–Crippen LogP) is 1.76. The van der Waals surface area contributed by atoms with E-state index in [9.17, 15) is 5.11 Å². The van der Waals surface area contributed by atoms with Gasteiger partial charge in [0.25, 0.3) is 0 Å². The van der Waals surface area contributed by atoms with Crippen molar-refractivity contribution in [2.24, 2.45) is 0 Å². The van der Waals surface area contributed by atoms with Gasteiger partial charge >= 0.3 is 0 Å². The lowest BCUT2D eigenvalue weighted by Crippen LogP contribution is -2.34. The van der Waals surface area contributed by atoms with Gasteiger partial charge in [-0.15, -0.1) is 0 Å². The summed E-state index contributed by atoms with van der Waals surface area (Å²) in [7, 11) is 0. The van der Waals surface area contributed by atoms with Gasteiger partial charge in [0.1, 0.15) is 11.4 Å². The van der Waals surface area contributed by atoms with Gasteiger partial charge in [-0.1, -0.05) is 6.07 Å². The summed E-state index contributed by atoms with van der Waals surface area (Å²) in [4.78, 5) is 0. The Kier molecular flexibility index (Phi) is 1.14. The van der Waals surface area contributed by atoms with E-state index < -0.39 is 0 Å². The maximum Gasteiger partial charge on any atom is 0.140 e. The molecule has 1 heterocycles. The minimum atomic E-state index is 0.242. The zero-order valence-corrected chi connectivity index (χ0v) is 7.30. The van der Waals surface area contributed by atoms with Crippen LogP contribution in [0.3, 0.4) is 0 Å². The summed E-state index contributed by atoms with van der Waals surface area (Å²) in [6, 6.07) is 5.56. The van der Waals surface area contributed by atoms with E-state index in [4.69, 9.17) is 0 Å². The van der Waals surface area contributed by atoms with E-state index >= 15 is 0 Å².